The van der Waals surface area contributed by atoms with Crippen LogP contribution in [0, 0.1) is 0 Å². The summed E-state index contributed by atoms with van der Waals surface area (Å²) < 4.78 is 1.06. The smallest absolute Gasteiger partial charge is 0.337 e. The molecule has 0 aliphatic rings. The van der Waals surface area contributed by atoms with Crippen LogP contribution >= 0.6 is 31.9 Å². The highest BCUT2D eigenvalue weighted by molar-refractivity contribution is 9.11. The predicted octanol–water partition coefficient (Wildman–Crippen LogP) is 3.74. The standard InChI is InChI=1S/C14H10Br2N2O3/c15-8-5-10(14(20)21)12(11(16)6-8)18-13(19)7-2-1-3-9(17)4-7/h1-6H,17H2,(H,18,19)(H,20,21). The number of carbonyl (C=O) groups is 2. The van der Waals surface area contributed by atoms with E-state index in [4.69, 9.17) is 5.73 Å². The van der Waals surface area contributed by atoms with E-state index in [2.05, 4.69) is 37.2 Å². The van der Waals surface area contributed by atoms with Gasteiger partial charge in [0.25, 0.3) is 5.91 Å². The average molecular weight is 414 g/mol. The molecule has 1 amide bonds. The molecule has 2 aromatic carbocycles. The van der Waals surface area contributed by atoms with Gasteiger partial charge in [0, 0.05) is 20.2 Å². The highest BCUT2D eigenvalue weighted by atomic mass is 79.9. The number of anilines is 2. The molecule has 4 N–H and O–H groups in total. The van der Waals surface area contributed by atoms with E-state index < -0.39 is 11.9 Å². The van der Waals surface area contributed by atoms with Crippen LogP contribution in [0.25, 0.3) is 0 Å². The third-order valence-corrected chi connectivity index (χ3v) is 3.76. The monoisotopic (exact) mass is 412 g/mol. The minimum Gasteiger partial charge on any atom is -0.478 e. The van der Waals surface area contributed by atoms with Crippen LogP contribution in [0.1, 0.15) is 20.7 Å². The summed E-state index contributed by atoms with van der Waals surface area (Å²) in [5, 5.41) is 11.8. The predicted molar refractivity (Wildman–Crippen MR) is 87.6 cm³/mol. The van der Waals surface area contributed by atoms with E-state index in [9.17, 15) is 14.7 Å². The van der Waals surface area contributed by atoms with Crippen LogP contribution < -0.4 is 11.1 Å². The molecule has 0 spiro atoms. The Morgan fingerprint density at radius 3 is 2.48 bits per heavy atom. The summed E-state index contributed by atoms with van der Waals surface area (Å²) in [6.45, 7) is 0. The van der Waals surface area contributed by atoms with Gasteiger partial charge in [-0.3, -0.25) is 4.79 Å². The molecule has 7 heteroatoms. The Balaban J connectivity index is 2.39. The Hall–Kier alpha value is -1.86. The second kappa shape index (κ2) is 6.28. The highest BCUT2D eigenvalue weighted by Crippen LogP contribution is 2.31. The van der Waals surface area contributed by atoms with Gasteiger partial charge in [-0.15, -0.1) is 0 Å². The van der Waals surface area contributed by atoms with Crippen LogP contribution in [0.4, 0.5) is 11.4 Å². The van der Waals surface area contributed by atoms with E-state index in [1.807, 2.05) is 0 Å². The maximum atomic E-state index is 12.2. The molecule has 0 fully saturated rings. The number of rotatable bonds is 3. The summed E-state index contributed by atoms with van der Waals surface area (Å²) in [4.78, 5) is 23.5. The number of nitrogen functional groups attached to an aromatic ring is 1. The molecule has 0 aromatic heterocycles. The van der Waals surface area contributed by atoms with Gasteiger partial charge in [-0.2, -0.15) is 0 Å². The number of hydrogen-bond acceptors (Lipinski definition) is 3. The first kappa shape index (κ1) is 15.5. The minimum absolute atomic E-state index is 0.0199. The number of aromatic carboxylic acids is 1. The Morgan fingerprint density at radius 1 is 1.14 bits per heavy atom. The molecule has 0 unspecified atom stereocenters. The molecule has 0 saturated carbocycles. The number of nitrogens with one attached hydrogen (secondary N) is 1. The number of carboxylic acids is 1. The molecule has 0 aliphatic heterocycles. The molecule has 108 valence electrons. The van der Waals surface area contributed by atoms with Gasteiger partial charge in [-0.1, -0.05) is 22.0 Å². The summed E-state index contributed by atoms with van der Waals surface area (Å²) >= 11 is 6.46. The molecular weight excluding hydrogens is 404 g/mol. The van der Waals surface area contributed by atoms with Crippen molar-refractivity contribution in [2.45, 2.75) is 0 Å². The molecule has 0 radical (unpaired) electrons. The van der Waals surface area contributed by atoms with Gasteiger partial charge in [-0.25, -0.2) is 4.79 Å². The first-order chi connectivity index (χ1) is 9.88. The molecule has 21 heavy (non-hydrogen) atoms. The van der Waals surface area contributed by atoms with Crippen molar-refractivity contribution in [3.8, 4) is 0 Å². The maximum Gasteiger partial charge on any atom is 0.337 e. The van der Waals surface area contributed by atoms with Gasteiger partial charge < -0.3 is 16.2 Å². The number of hydrogen-bond donors (Lipinski definition) is 3. The van der Waals surface area contributed by atoms with Gasteiger partial charge in [0.1, 0.15) is 0 Å². The first-order valence-electron chi connectivity index (χ1n) is 5.77. The quantitative estimate of drug-likeness (QED) is 0.668. The second-order valence-electron chi connectivity index (χ2n) is 4.19. The number of carbonyl (C=O) groups excluding carboxylic acids is 1. The van der Waals surface area contributed by atoms with Crippen LogP contribution in [0.2, 0.25) is 0 Å². The molecule has 2 aromatic rings. The number of carboxylic acid groups (broad SMARTS) is 1. The van der Waals surface area contributed by atoms with E-state index >= 15 is 0 Å². The van der Waals surface area contributed by atoms with Crippen molar-refractivity contribution in [2.75, 3.05) is 11.1 Å². The van der Waals surface area contributed by atoms with E-state index in [-0.39, 0.29) is 11.3 Å². The topological polar surface area (TPSA) is 92.4 Å². The average Bonchev–Trinajstić information content (AvgIpc) is 2.41. The highest BCUT2D eigenvalue weighted by Gasteiger charge is 2.17. The van der Waals surface area contributed by atoms with Crippen molar-refractivity contribution < 1.29 is 14.7 Å². The van der Waals surface area contributed by atoms with E-state index in [1.165, 1.54) is 12.1 Å². The summed E-state index contributed by atoms with van der Waals surface area (Å²) in [5.74, 6) is -1.58. The minimum atomic E-state index is -1.14. The largest absolute Gasteiger partial charge is 0.478 e. The SMILES string of the molecule is Nc1cccc(C(=O)Nc2c(Br)cc(Br)cc2C(=O)O)c1. The molecular formula is C14H10Br2N2O3. The second-order valence-corrected chi connectivity index (χ2v) is 5.96. The molecule has 0 bridgehead atoms. The Kier molecular flexibility index (Phi) is 4.64. The van der Waals surface area contributed by atoms with Gasteiger partial charge in [0.2, 0.25) is 0 Å². The summed E-state index contributed by atoms with van der Waals surface area (Å²) in [6.07, 6.45) is 0. The lowest BCUT2D eigenvalue weighted by atomic mass is 10.1. The van der Waals surface area contributed by atoms with Gasteiger partial charge in [0.15, 0.2) is 0 Å². The van der Waals surface area contributed by atoms with Crippen LogP contribution in [0.3, 0.4) is 0 Å². The Bertz CT molecular complexity index is 732. The van der Waals surface area contributed by atoms with Crippen molar-refractivity contribution in [3.63, 3.8) is 0 Å². The first-order valence-corrected chi connectivity index (χ1v) is 7.36. The summed E-state index contributed by atoms with van der Waals surface area (Å²) in [7, 11) is 0. The summed E-state index contributed by atoms with van der Waals surface area (Å²) in [5.41, 5.74) is 6.60. The molecule has 0 saturated heterocycles. The van der Waals surface area contributed by atoms with Crippen molar-refractivity contribution >= 4 is 55.1 Å². The lowest BCUT2D eigenvalue weighted by Crippen LogP contribution is -2.15. The third kappa shape index (κ3) is 3.62. The molecule has 2 rings (SSSR count). The zero-order chi connectivity index (χ0) is 15.6. The van der Waals surface area contributed by atoms with Crippen LogP contribution in [-0.2, 0) is 0 Å². The van der Waals surface area contributed by atoms with E-state index in [0.29, 0.717) is 20.2 Å². The Labute approximate surface area is 137 Å². The maximum absolute atomic E-state index is 12.2. The fraction of sp³-hybridized carbons (Fsp3) is 0. The van der Waals surface area contributed by atoms with Gasteiger partial charge >= 0.3 is 5.97 Å². The molecule has 0 heterocycles. The van der Waals surface area contributed by atoms with Crippen molar-refractivity contribution in [1.82, 2.24) is 0 Å². The number of amides is 1. The van der Waals surface area contributed by atoms with Gasteiger partial charge in [-0.05, 0) is 46.3 Å². The molecule has 5 nitrogen and oxygen atoms in total. The van der Waals surface area contributed by atoms with E-state index in [1.54, 1.807) is 24.3 Å². The van der Waals surface area contributed by atoms with E-state index in [0.717, 1.165) is 0 Å². The van der Waals surface area contributed by atoms with Crippen molar-refractivity contribution in [1.29, 1.82) is 0 Å². The zero-order valence-corrected chi connectivity index (χ0v) is 13.7. The number of nitrogens with two attached hydrogens (primary N) is 1. The van der Waals surface area contributed by atoms with Crippen molar-refractivity contribution in [2.24, 2.45) is 0 Å². The number of benzene rings is 2. The summed E-state index contributed by atoms with van der Waals surface area (Å²) in [6, 6.07) is 9.50. The van der Waals surface area contributed by atoms with Gasteiger partial charge in [0.05, 0.1) is 11.3 Å². The van der Waals surface area contributed by atoms with Crippen LogP contribution in [0.5, 0.6) is 0 Å². The zero-order valence-electron chi connectivity index (χ0n) is 10.6. The van der Waals surface area contributed by atoms with Crippen LogP contribution in [0.15, 0.2) is 45.3 Å². The molecule has 0 atom stereocenters. The third-order valence-electron chi connectivity index (χ3n) is 2.67. The fourth-order valence-electron chi connectivity index (χ4n) is 1.73. The Morgan fingerprint density at radius 2 is 1.86 bits per heavy atom. The van der Waals surface area contributed by atoms with Crippen molar-refractivity contribution in [3.05, 3.63) is 56.5 Å². The number of halogens is 2. The molecule has 0 aliphatic carbocycles. The van der Waals surface area contributed by atoms with Crippen LogP contribution in [-0.4, -0.2) is 17.0 Å². The lowest BCUT2D eigenvalue weighted by molar-refractivity contribution is 0.0698. The fourth-order valence-corrected chi connectivity index (χ4v) is 3.06. The lowest BCUT2D eigenvalue weighted by Gasteiger charge is -2.11. The normalized spacial score (nSPS) is 10.2.